The fourth-order valence-corrected chi connectivity index (χ4v) is 2.02. The van der Waals surface area contributed by atoms with Gasteiger partial charge in [0.1, 0.15) is 11.6 Å². The van der Waals surface area contributed by atoms with Crippen molar-refractivity contribution in [1.29, 1.82) is 0 Å². The Hall–Kier alpha value is -1.57. The lowest BCUT2D eigenvalue weighted by atomic mass is 9.92. The van der Waals surface area contributed by atoms with E-state index in [9.17, 15) is 13.2 Å². The highest BCUT2D eigenvalue weighted by Crippen LogP contribution is 2.30. The van der Waals surface area contributed by atoms with Crippen molar-refractivity contribution in [2.45, 2.75) is 31.5 Å². The van der Waals surface area contributed by atoms with Gasteiger partial charge < -0.3 is 15.4 Å². The number of halogens is 3. The SMILES string of the molecule is CNc1cc(NC2(C)CCOCC2)nc(C(F)(F)F)n1. The van der Waals surface area contributed by atoms with E-state index in [2.05, 4.69) is 20.6 Å². The van der Waals surface area contributed by atoms with E-state index in [0.29, 0.717) is 26.1 Å². The van der Waals surface area contributed by atoms with E-state index in [1.54, 1.807) is 0 Å². The first-order valence-corrected chi connectivity index (χ1v) is 6.32. The molecule has 2 rings (SSSR count). The Bertz CT molecular complexity index is 472. The lowest BCUT2D eigenvalue weighted by Crippen LogP contribution is -2.41. The topological polar surface area (TPSA) is 59.1 Å². The third-order valence-electron chi connectivity index (χ3n) is 3.26. The average molecular weight is 290 g/mol. The molecule has 0 saturated carbocycles. The van der Waals surface area contributed by atoms with Gasteiger partial charge in [-0.1, -0.05) is 0 Å². The Kier molecular flexibility index (Phi) is 4.03. The van der Waals surface area contributed by atoms with Gasteiger partial charge in [0.2, 0.25) is 5.82 Å². The lowest BCUT2D eigenvalue weighted by Gasteiger charge is -2.35. The van der Waals surface area contributed by atoms with Crippen LogP contribution in [0.3, 0.4) is 0 Å². The fraction of sp³-hybridized carbons (Fsp3) is 0.667. The summed E-state index contributed by atoms with van der Waals surface area (Å²) < 4.78 is 43.5. The quantitative estimate of drug-likeness (QED) is 0.895. The Balaban J connectivity index is 2.26. The minimum atomic E-state index is -4.57. The molecule has 112 valence electrons. The van der Waals surface area contributed by atoms with Crippen LogP contribution in [0.2, 0.25) is 0 Å². The second-order valence-corrected chi connectivity index (χ2v) is 5.01. The van der Waals surface area contributed by atoms with E-state index in [1.807, 2.05) is 6.92 Å². The van der Waals surface area contributed by atoms with Crippen molar-refractivity contribution in [2.75, 3.05) is 30.9 Å². The van der Waals surface area contributed by atoms with Gasteiger partial charge in [0.25, 0.3) is 0 Å². The van der Waals surface area contributed by atoms with Crippen LogP contribution in [-0.2, 0) is 10.9 Å². The fourth-order valence-electron chi connectivity index (χ4n) is 2.02. The summed E-state index contributed by atoms with van der Waals surface area (Å²) in [4.78, 5) is 6.99. The van der Waals surface area contributed by atoms with Gasteiger partial charge in [-0.25, -0.2) is 9.97 Å². The van der Waals surface area contributed by atoms with Crippen LogP contribution in [0.5, 0.6) is 0 Å². The maximum atomic E-state index is 12.8. The third-order valence-corrected chi connectivity index (χ3v) is 3.26. The lowest BCUT2D eigenvalue weighted by molar-refractivity contribution is -0.144. The minimum absolute atomic E-state index is 0.130. The first-order valence-electron chi connectivity index (χ1n) is 6.32. The van der Waals surface area contributed by atoms with E-state index in [4.69, 9.17) is 4.74 Å². The third kappa shape index (κ3) is 3.50. The highest BCUT2D eigenvalue weighted by atomic mass is 19.4. The molecule has 2 heterocycles. The average Bonchev–Trinajstić information content (AvgIpc) is 2.37. The molecule has 0 aromatic carbocycles. The molecule has 1 saturated heterocycles. The molecule has 1 aliphatic rings. The monoisotopic (exact) mass is 290 g/mol. The molecule has 20 heavy (non-hydrogen) atoms. The molecule has 0 aliphatic carbocycles. The second kappa shape index (κ2) is 5.43. The number of alkyl halides is 3. The zero-order chi connectivity index (χ0) is 14.8. The summed E-state index contributed by atoms with van der Waals surface area (Å²) in [7, 11) is 1.52. The van der Waals surface area contributed by atoms with Crippen molar-refractivity contribution in [3.05, 3.63) is 11.9 Å². The van der Waals surface area contributed by atoms with E-state index in [0.717, 1.165) is 0 Å². The summed E-state index contributed by atoms with van der Waals surface area (Å²) >= 11 is 0. The predicted octanol–water partition coefficient (Wildman–Crippen LogP) is 2.52. The maximum absolute atomic E-state index is 12.8. The molecule has 5 nitrogen and oxygen atoms in total. The van der Waals surface area contributed by atoms with Crippen LogP contribution >= 0.6 is 0 Å². The molecule has 0 spiro atoms. The molecule has 0 unspecified atom stereocenters. The van der Waals surface area contributed by atoms with Gasteiger partial charge in [0, 0.05) is 31.9 Å². The largest absolute Gasteiger partial charge is 0.451 e. The van der Waals surface area contributed by atoms with Gasteiger partial charge in [-0.05, 0) is 19.8 Å². The van der Waals surface area contributed by atoms with Gasteiger partial charge in [0.15, 0.2) is 0 Å². The van der Waals surface area contributed by atoms with Crippen LogP contribution in [0.1, 0.15) is 25.6 Å². The smallest absolute Gasteiger partial charge is 0.381 e. The highest BCUT2D eigenvalue weighted by molar-refractivity contribution is 5.49. The number of nitrogens with zero attached hydrogens (tertiary/aromatic N) is 2. The van der Waals surface area contributed by atoms with Crippen LogP contribution in [-0.4, -0.2) is 35.8 Å². The van der Waals surface area contributed by atoms with Crippen molar-refractivity contribution < 1.29 is 17.9 Å². The number of nitrogens with one attached hydrogen (secondary N) is 2. The van der Waals surface area contributed by atoms with Crippen LogP contribution in [0.15, 0.2) is 6.07 Å². The Morgan fingerprint density at radius 1 is 1.20 bits per heavy atom. The molecular weight excluding hydrogens is 273 g/mol. The number of hydrogen-bond donors (Lipinski definition) is 2. The zero-order valence-electron chi connectivity index (χ0n) is 11.3. The number of aromatic nitrogens is 2. The molecule has 1 fully saturated rings. The number of hydrogen-bond acceptors (Lipinski definition) is 5. The molecule has 1 aromatic heterocycles. The summed E-state index contributed by atoms with van der Waals surface area (Å²) in [6.45, 7) is 3.11. The van der Waals surface area contributed by atoms with Crippen molar-refractivity contribution >= 4 is 11.6 Å². The number of rotatable bonds is 3. The van der Waals surface area contributed by atoms with Gasteiger partial charge in [-0.3, -0.25) is 0 Å². The van der Waals surface area contributed by atoms with Crippen molar-refractivity contribution in [3.63, 3.8) is 0 Å². The van der Waals surface area contributed by atoms with Crippen molar-refractivity contribution in [3.8, 4) is 0 Å². The molecule has 8 heteroatoms. The molecule has 0 bridgehead atoms. The standard InChI is InChI=1S/C12H17F3N4O/c1-11(3-5-20-6-4-11)19-9-7-8(16-2)17-10(18-9)12(13,14)15/h7H,3-6H2,1-2H3,(H2,16,17,18,19). The summed E-state index contributed by atoms with van der Waals surface area (Å²) in [6.07, 6.45) is -3.14. The van der Waals surface area contributed by atoms with Crippen molar-refractivity contribution in [1.82, 2.24) is 9.97 Å². The second-order valence-electron chi connectivity index (χ2n) is 5.01. The Labute approximate surface area is 114 Å². The summed E-state index contributed by atoms with van der Waals surface area (Å²) in [5, 5.41) is 5.69. The van der Waals surface area contributed by atoms with E-state index >= 15 is 0 Å². The molecule has 2 N–H and O–H groups in total. The summed E-state index contributed by atoms with van der Waals surface area (Å²) in [5.74, 6) is -0.853. The normalized spacial score (nSPS) is 18.6. The van der Waals surface area contributed by atoms with E-state index in [1.165, 1.54) is 13.1 Å². The predicted molar refractivity (Wildman–Crippen MR) is 68.7 cm³/mol. The Morgan fingerprint density at radius 3 is 2.35 bits per heavy atom. The van der Waals surface area contributed by atoms with Crippen LogP contribution in [0.25, 0.3) is 0 Å². The summed E-state index contributed by atoms with van der Waals surface area (Å²) in [6, 6.07) is 1.47. The van der Waals surface area contributed by atoms with Gasteiger partial charge in [-0.15, -0.1) is 0 Å². The van der Waals surface area contributed by atoms with Gasteiger partial charge in [0.05, 0.1) is 0 Å². The highest BCUT2D eigenvalue weighted by Gasteiger charge is 2.36. The number of anilines is 2. The first kappa shape index (κ1) is 14.8. The molecular formula is C12H17F3N4O. The van der Waals surface area contributed by atoms with Crippen LogP contribution in [0, 0.1) is 0 Å². The minimum Gasteiger partial charge on any atom is -0.381 e. The van der Waals surface area contributed by atoms with Crippen LogP contribution in [0.4, 0.5) is 24.8 Å². The molecule has 0 radical (unpaired) electrons. The Morgan fingerprint density at radius 2 is 1.80 bits per heavy atom. The first-order chi connectivity index (χ1) is 9.32. The molecule has 0 atom stereocenters. The maximum Gasteiger partial charge on any atom is 0.451 e. The van der Waals surface area contributed by atoms with E-state index < -0.39 is 12.0 Å². The number of ether oxygens (including phenoxy) is 1. The van der Waals surface area contributed by atoms with Crippen molar-refractivity contribution in [2.24, 2.45) is 0 Å². The van der Waals surface area contributed by atoms with E-state index in [-0.39, 0.29) is 17.2 Å². The van der Waals surface area contributed by atoms with Gasteiger partial charge >= 0.3 is 6.18 Å². The van der Waals surface area contributed by atoms with Gasteiger partial charge in [-0.2, -0.15) is 13.2 Å². The zero-order valence-corrected chi connectivity index (χ0v) is 11.3. The van der Waals surface area contributed by atoms with Crippen LogP contribution < -0.4 is 10.6 Å². The molecule has 1 aromatic rings. The molecule has 1 aliphatic heterocycles. The molecule has 0 amide bonds. The summed E-state index contributed by atoms with van der Waals surface area (Å²) in [5.41, 5.74) is -0.319.